The number of anilines is 2. The van der Waals surface area contributed by atoms with E-state index in [4.69, 9.17) is 4.74 Å². The third kappa shape index (κ3) is 4.25. The average Bonchev–Trinajstić information content (AvgIpc) is 2.92. The Morgan fingerprint density at radius 2 is 1.96 bits per heavy atom. The number of methoxy groups -OCH3 is 1. The van der Waals surface area contributed by atoms with Crippen LogP contribution in [0.1, 0.15) is 17.0 Å². The number of pyridine rings is 1. The highest BCUT2D eigenvalue weighted by atomic mass is 32.2. The first kappa shape index (κ1) is 19.7. The number of nitrogens with one attached hydrogen (secondary N) is 2. The number of aryl methyl sites for hydroxylation is 2. The van der Waals surface area contributed by atoms with Crippen molar-refractivity contribution in [3.63, 3.8) is 0 Å². The monoisotopic (exact) mass is 401 g/mol. The van der Waals surface area contributed by atoms with Gasteiger partial charge in [0.15, 0.2) is 0 Å². The molecule has 8 nitrogen and oxygen atoms in total. The zero-order valence-electron chi connectivity index (χ0n) is 16.2. The minimum Gasteiger partial charge on any atom is -0.497 e. The molecule has 2 aromatic heterocycles. The maximum absolute atomic E-state index is 12.7. The molecule has 9 heteroatoms. The van der Waals surface area contributed by atoms with Crippen LogP contribution in [-0.2, 0) is 23.6 Å². The summed E-state index contributed by atoms with van der Waals surface area (Å²) in [6, 6.07) is 10.8. The molecule has 0 aliphatic carbocycles. The molecule has 2 heterocycles. The summed E-state index contributed by atoms with van der Waals surface area (Å²) in [7, 11) is -0.359. The number of hydrogen-bond donors (Lipinski definition) is 2. The van der Waals surface area contributed by atoms with Gasteiger partial charge in [-0.3, -0.25) is 9.40 Å². The van der Waals surface area contributed by atoms with Crippen LogP contribution in [0.25, 0.3) is 0 Å². The Labute approximate surface area is 164 Å². The smallest absolute Gasteiger partial charge is 0.263 e. The SMILES string of the molecule is COc1cccc(CNc2ccc(S(=O)(=O)Nc3c(C)nn(C)c3C)cn2)c1. The molecule has 3 aromatic rings. The minimum absolute atomic E-state index is 0.0853. The Morgan fingerprint density at radius 3 is 2.57 bits per heavy atom. The molecule has 0 bridgehead atoms. The second-order valence-corrected chi connectivity index (χ2v) is 8.04. The molecule has 0 unspecified atom stereocenters. The van der Waals surface area contributed by atoms with Crippen LogP contribution >= 0.6 is 0 Å². The van der Waals surface area contributed by atoms with Crippen LogP contribution in [0.2, 0.25) is 0 Å². The van der Waals surface area contributed by atoms with Gasteiger partial charge in [-0.2, -0.15) is 5.10 Å². The fourth-order valence-electron chi connectivity index (χ4n) is 2.73. The third-order valence-corrected chi connectivity index (χ3v) is 5.73. The Hall–Kier alpha value is -3.07. The Morgan fingerprint density at radius 1 is 1.18 bits per heavy atom. The third-order valence-electron chi connectivity index (χ3n) is 4.40. The van der Waals surface area contributed by atoms with Crippen LogP contribution in [-0.4, -0.2) is 30.3 Å². The van der Waals surface area contributed by atoms with Crippen LogP contribution in [0.15, 0.2) is 47.5 Å². The Bertz CT molecular complexity index is 1080. The lowest BCUT2D eigenvalue weighted by molar-refractivity contribution is 0.414. The molecule has 0 amide bonds. The number of benzene rings is 1. The number of nitrogens with zero attached hydrogens (tertiary/aromatic N) is 3. The number of hydrogen-bond acceptors (Lipinski definition) is 6. The molecule has 0 saturated heterocycles. The van der Waals surface area contributed by atoms with Crippen LogP contribution in [0.4, 0.5) is 11.5 Å². The minimum atomic E-state index is -3.75. The van der Waals surface area contributed by atoms with E-state index >= 15 is 0 Å². The fraction of sp³-hybridized carbons (Fsp3) is 0.263. The number of sulfonamides is 1. The van der Waals surface area contributed by atoms with Crippen molar-refractivity contribution in [1.82, 2.24) is 14.8 Å². The van der Waals surface area contributed by atoms with Crippen molar-refractivity contribution in [3.05, 3.63) is 59.5 Å². The van der Waals surface area contributed by atoms with Gasteiger partial charge >= 0.3 is 0 Å². The zero-order chi connectivity index (χ0) is 20.3. The number of rotatable bonds is 7. The fourth-order valence-corrected chi connectivity index (χ4v) is 3.85. The second kappa shape index (κ2) is 7.89. The van der Waals surface area contributed by atoms with E-state index in [1.54, 1.807) is 31.8 Å². The molecule has 0 atom stereocenters. The average molecular weight is 401 g/mol. The molecule has 0 spiro atoms. The molecule has 0 aliphatic rings. The van der Waals surface area contributed by atoms with E-state index in [2.05, 4.69) is 20.1 Å². The van der Waals surface area contributed by atoms with E-state index in [9.17, 15) is 8.42 Å². The molecule has 1 aromatic carbocycles. The van der Waals surface area contributed by atoms with E-state index < -0.39 is 10.0 Å². The predicted molar refractivity (Wildman–Crippen MR) is 108 cm³/mol. The van der Waals surface area contributed by atoms with Crippen molar-refractivity contribution in [1.29, 1.82) is 0 Å². The van der Waals surface area contributed by atoms with Gasteiger partial charge in [0.05, 0.1) is 24.2 Å². The first-order valence-electron chi connectivity index (χ1n) is 8.66. The summed E-state index contributed by atoms with van der Waals surface area (Å²) < 4.78 is 34.7. The van der Waals surface area contributed by atoms with Gasteiger partial charge in [-0.05, 0) is 43.7 Å². The summed E-state index contributed by atoms with van der Waals surface area (Å²) in [6.07, 6.45) is 1.33. The lowest BCUT2D eigenvalue weighted by atomic mass is 10.2. The Kier molecular flexibility index (Phi) is 5.55. The molecule has 3 rings (SSSR count). The number of aromatic nitrogens is 3. The predicted octanol–water partition coefficient (Wildman–Crippen LogP) is 2.85. The highest BCUT2D eigenvalue weighted by Crippen LogP contribution is 2.23. The standard InChI is InChI=1S/C19H23N5O3S/c1-13-19(14(2)24(3)22-13)23-28(25,26)17-8-9-18(21-12-17)20-11-15-6-5-7-16(10-15)27-4/h5-10,12,23H,11H2,1-4H3,(H,20,21). The van der Waals surface area contributed by atoms with Crippen molar-refractivity contribution in [3.8, 4) is 5.75 Å². The molecule has 28 heavy (non-hydrogen) atoms. The Balaban J connectivity index is 1.70. The summed E-state index contributed by atoms with van der Waals surface area (Å²) >= 11 is 0. The summed E-state index contributed by atoms with van der Waals surface area (Å²) in [5.41, 5.74) is 2.88. The molecule has 0 fully saturated rings. The first-order chi connectivity index (χ1) is 13.3. The lowest BCUT2D eigenvalue weighted by Gasteiger charge is -2.10. The van der Waals surface area contributed by atoms with Crippen molar-refractivity contribution in [2.75, 3.05) is 17.1 Å². The van der Waals surface area contributed by atoms with E-state index in [1.807, 2.05) is 31.2 Å². The van der Waals surface area contributed by atoms with Crippen LogP contribution in [0.5, 0.6) is 5.75 Å². The van der Waals surface area contributed by atoms with Gasteiger partial charge in [-0.1, -0.05) is 12.1 Å². The van der Waals surface area contributed by atoms with Crippen molar-refractivity contribution in [2.45, 2.75) is 25.3 Å². The van der Waals surface area contributed by atoms with Crippen LogP contribution in [0.3, 0.4) is 0 Å². The maximum atomic E-state index is 12.7. The zero-order valence-corrected chi connectivity index (χ0v) is 17.0. The molecule has 2 N–H and O–H groups in total. The van der Waals surface area contributed by atoms with Gasteiger partial charge in [0.25, 0.3) is 10.0 Å². The van der Waals surface area contributed by atoms with Crippen molar-refractivity contribution in [2.24, 2.45) is 7.05 Å². The van der Waals surface area contributed by atoms with Gasteiger partial charge in [-0.25, -0.2) is 13.4 Å². The lowest BCUT2D eigenvalue weighted by Crippen LogP contribution is -2.14. The van der Waals surface area contributed by atoms with Gasteiger partial charge in [-0.15, -0.1) is 0 Å². The van der Waals surface area contributed by atoms with Crippen LogP contribution < -0.4 is 14.8 Å². The van der Waals surface area contributed by atoms with Gasteiger partial charge in [0, 0.05) is 19.8 Å². The van der Waals surface area contributed by atoms with Gasteiger partial charge in [0.1, 0.15) is 16.5 Å². The van der Waals surface area contributed by atoms with Gasteiger partial charge < -0.3 is 10.1 Å². The summed E-state index contributed by atoms with van der Waals surface area (Å²) in [5, 5.41) is 7.39. The molecule has 0 radical (unpaired) electrons. The van der Waals surface area contributed by atoms with E-state index in [0.717, 1.165) is 17.0 Å². The summed E-state index contributed by atoms with van der Waals surface area (Å²) in [5.74, 6) is 1.36. The molecule has 0 saturated carbocycles. The first-order valence-corrected chi connectivity index (χ1v) is 10.1. The summed E-state index contributed by atoms with van der Waals surface area (Å²) in [4.78, 5) is 4.30. The molecular formula is C19H23N5O3S. The normalized spacial score (nSPS) is 11.3. The quantitative estimate of drug-likeness (QED) is 0.632. The van der Waals surface area contributed by atoms with Crippen LogP contribution in [0, 0.1) is 13.8 Å². The number of ether oxygens (including phenoxy) is 1. The maximum Gasteiger partial charge on any atom is 0.263 e. The summed E-state index contributed by atoms with van der Waals surface area (Å²) in [6.45, 7) is 4.11. The highest BCUT2D eigenvalue weighted by molar-refractivity contribution is 7.92. The molecule has 148 valence electrons. The largest absolute Gasteiger partial charge is 0.497 e. The van der Waals surface area contributed by atoms with E-state index in [0.29, 0.717) is 23.7 Å². The topological polar surface area (TPSA) is 98.1 Å². The van der Waals surface area contributed by atoms with Crippen molar-refractivity contribution < 1.29 is 13.2 Å². The molecule has 0 aliphatic heterocycles. The van der Waals surface area contributed by atoms with E-state index in [1.165, 1.54) is 12.3 Å². The van der Waals surface area contributed by atoms with E-state index in [-0.39, 0.29) is 4.90 Å². The second-order valence-electron chi connectivity index (χ2n) is 6.36. The molecular weight excluding hydrogens is 378 g/mol. The van der Waals surface area contributed by atoms with Crippen molar-refractivity contribution >= 4 is 21.5 Å². The van der Waals surface area contributed by atoms with Gasteiger partial charge in [0.2, 0.25) is 0 Å². The highest BCUT2D eigenvalue weighted by Gasteiger charge is 2.19.